The van der Waals surface area contributed by atoms with E-state index >= 15 is 0 Å². The van der Waals surface area contributed by atoms with E-state index in [4.69, 9.17) is 0 Å². The van der Waals surface area contributed by atoms with Crippen molar-refractivity contribution >= 4 is 23.2 Å². The van der Waals surface area contributed by atoms with Crippen LogP contribution in [0.3, 0.4) is 0 Å². The molecule has 8 nitrogen and oxygen atoms in total. The number of carbonyl (C=O) groups excluding carboxylic acids is 1. The fraction of sp³-hybridized carbons (Fsp3) is 0.333. The molecule has 10 heteroatoms. The highest BCUT2D eigenvalue weighted by molar-refractivity contribution is 5.90. The Morgan fingerprint density at radius 1 is 1.11 bits per heavy atom. The molecule has 2 aromatic heterocycles. The van der Waals surface area contributed by atoms with E-state index in [1.165, 1.54) is 10.8 Å². The number of benzene rings is 1. The minimum absolute atomic E-state index is 0.0372. The van der Waals surface area contributed by atoms with E-state index in [0.717, 1.165) is 48.6 Å². The third-order valence-corrected chi connectivity index (χ3v) is 4.56. The first-order chi connectivity index (χ1) is 13.5. The number of anilines is 2. The van der Waals surface area contributed by atoms with E-state index in [2.05, 4.69) is 20.3 Å². The number of rotatable bonds is 4. The number of hydrogen-bond acceptors (Lipinski definition) is 5. The number of aromatic nitrogens is 4. The van der Waals surface area contributed by atoms with E-state index in [-0.39, 0.29) is 11.5 Å². The molecular weight excluding hydrogens is 370 g/mol. The molecule has 0 aliphatic carbocycles. The van der Waals surface area contributed by atoms with E-state index in [0.29, 0.717) is 6.07 Å². The Bertz CT molecular complexity index is 1070. The van der Waals surface area contributed by atoms with Crippen LogP contribution in [0.15, 0.2) is 35.3 Å². The first kappa shape index (κ1) is 18.1. The van der Waals surface area contributed by atoms with Crippen molar-refractivity contribution in [3.8, 4) is 0 Å². The Morgan fingerprint density at radius 3 is 2.54 bits per heavy atom. The van der Waals surface area contributed by atoms with Crippen molar-refractivity contribution < 1.29 is 13.6 Å². The van der Waals surface area contributed by atoms with Gasteiger partial charge in [-0.1, -0.05) is 0 Å². The van der Waals surface area contributed by atoms with Gasteiger partial charge in [0.25, 0.3) is 5.78 Å². The van der Waals surface area contributed by atoms with Crippen LogP contribution in [0.2, 0.25) is 0 Å². The highest BCUT2D eigenvalue weighted by Gasteiger charge is 2.16. The first-order valence-electron chi connectivity index (χ1n) is 8.97. The maximum Gasteiger partial charge on any atom is 0.352 e. The van der Waals surface area contributed by atoms with Gasteiger partial charge in [0.1, 0.15) is 24.0 Å². The zero-order chi connectivity index (χ0) is 19.7. The molecule has 4 rings (SSSR count). The SMILES string of the molecule is O=C(Cn1nc2nc(N3CCCCC3)ccn2c1=O)Nc1cc(F)cc(F)c1. The van der Waals surface area contributed by atoms with Crippen LogP contribution in [0.1, 0.15) is 19.3 Å². The van der Waals surface area contributed by atoms with Crippen LogP contribution in [0, 0.1) is 11.6 Å². The monoisotopic (exact) mass is 388 g/mol. The normalized spacial score (nSPS) is 14.4. The summed E-state index contributed by atoms with van der Waals surface area (Å²) in [6.45, 7) is 1.40. The van der Waals surface area contributed by atoms with Gasteiger partial charge in [-0.05, 0) is 37.5 Å². The Morgan fingerprint density at radius 2 is 1.82 bits per heavy atom. The molecule has 0 unspecified atom stereocenters. The van der Waals surface area contributed by atoms with Gasteiger partial charge in [-0.3, -0.25) is 4.79 Å². The zero-order valence-electron chi connectivity index (χ0n) is 14.9. The third-order valence-electron chi connectivity index (χ3n) is 4.56. The molecule has 1 aliphatic rings. The zero-order valence-corrected chi connectivity index (χ0v) is 14.9. The molecule has 3 heterocycles. The molecule has 0 spiro atoms. The minimum Gasteiger partial charge on any atom is -0.356 e. The van der Waals surface area contributed by atoms with Crippen molar-refractivity contribution in [1.82, 2.24) is 19.2 Å². The molecule has 1 aliphatic heterocycles. The summed E-state index contributed by atoms with van der Waals surface area (Å²) in [5, 5.41) is 6.45. The number of piperidine rings is 1. The lowest BCUT2D eigenvalue weighted by atomic mass is 10.1. The van der Waals surface area contributed by atoms with Crippen molar-refractivity contribution in [3.05, 3.63) is 52.6 Å². The smallest absolute Gasteiger partial charge is 0.352 e. The summed E-state index contributed by atoms with van der Waals surface area (Å²) in [4.78, 5) is 31.1. The highest BCUT2D eigenvalue weighted by atomic mass is 19.1. The van der Waals surface area contributed by atoms with Crippen molar-refractivity contribution in [2.75, 3.05) is 23.3 Å². The summed E-state index contributed by atoms with van der Waals surface area (Å²) in [6.07, 6.45) is 4.96. The molecule has 3 aromatic rings. The quantitative estimate of drug-likeness (QED) is 0.737. The molecule has 1 aromatic carbocycles. The number of carbonyl (C=O) groups is 1. The summed E-state index contributed by atoms with van der Waals surface area (Å²) in [5.74, 6) is -1.32. The minimum atomic E-state index is -0.811. The number of halogens is 2. The number of fused-ring (bicyclic) bond motifs is 1. The van der Waals surface area contributed by atoms with Crippen molar-refractivity contribution in [2.45, 2.75) is 25.8 Å². The molecule has 28 heavy (non-hydrogen) atoms. The molecule has 1 N–H and O–H groups in total. The maximum atomic E-state index is 13.2. The second-order valence-corrected chi connectivity index (χ2v) is 6.65. The fourth-order valence-corrected chi connectivity index (χ4v) is 3.26. The van der Waals surface area contributed by atoms with E-state index in [9.17, 15) is 18.4 Å². The summed E-state index contributed by atoms with van der Waals surface area (Å²) < 4.78 is 28.7. The summed E-state index contributed by atoms with van der Waals surface area (Å²) in [7, 11) is 0. The number of amides is 1. The van der Waals surface area contributed by atoms with Crippen LogP contribution >= 0.6 is 0 Å². The Balaban J connectivity index is 1.54. The summed E-state index contributed by atoms with van der Waals surface area (Å²) in [6, 6.07) is 4.43. The van der Waals surface area contributed by atoms with Crippen LogP contribution in [-0.4, -0.2) is 38.2 Å². The summed E-state index contributed by atoms with van der Waals surface area (Å²) >= 11 is 0. The molecule has 0 saturated carbocycles. The molecule has 0 radical (unpaired) electrons. The van der Waals surface area contributed by atoms with Crippen LogP contribution in [0.4, 0.5) is 20.3 Å². The molecule has 0 bridgehead atoms. The highest BCUT2D eigenvalue weighted by Crippen LogP contribution is 2.17. The van der Waals surface area contributed by atoms with Crippen molar-refractivity contribution in [2.24, 2.45) is 0 Å². The molecule has 1 saturated heterocycles. The van der Waals surface area contributed by atoms with Gasteiger partial charge in [-0.25, -0.2) is 22.7 Å². The Hall–Kier alpha value is -3.30. The molecule has 1 fully saturated rings. The Kier molecular flexibility index (Phi) is 4.76. The number of nitrogens with one attached hydrogen (secondary N) is 1. The second-order valence-electron chi connectivity index (χ2n) is 6.65. The fourth-order valence-electron chi connectivity index (χ4n) is 3.26. The largest absolute Gasteiger partial charge is 0.356 e. The third kappa shape index (κ3) is 3.71. The van der Waals surface area contributed by atoms with Crippen LogP contribution in [0.5, 0.6) is 0 Å². The molecule has 0 atom stereocenters. The average Bonchev–Trinajstić information content (AvgIpc) is 2.96. The molecule has 146 valence electrons. The number of nitrogens with zero attached hydrogens (tertiary/aromatic N) is 5. The summed E-state index contributed by atoms with van der Waals surface area (Å²) in [5.41, 5.74) is -0.557. The van der Waals surface area contributed by atoms with Crippen LogP contribution in [-0.2, 0) is 11.3 Å². The molecule has 1 amide bonds. The van der Waals surface area contributed by atoms with Gasteiger partial charge in [0, 0.05) is 31.0 Å². The first-order valence-corrected chi connectivity index (χ1v) is 8.97. The van der Waals surface area contributed by atoms with E-state index < -0.39 is 29.8 Å². The van der Waals surface area contributed by atoms with Gasteiger partial charge < -0.3 is 10.2 Å². The van der Waals surface area contributed by atoms with Gasteiger partial charge in [0.2, 0.25) is 5.91 Å². The predicted molar refractivity (Wildman–Crippen MR) is 98.3 cm³/mol. The van der Waals surface area contributed by atoms with Gasteiger partial charge in [0.05, 0.1) is 0 Å². The van der Waals surface area contributed by atoms with E-state index in [1.807, 2.05) is 0 Å². The van der Waals surface area contributed by atoms with Crippen LogP contribution < -0.4 is 15.9 Å². The Labute approximate surface area is 158 Å². The lowest BCUT2D eigenvalue weighted by Gasteiger charge is -2.27. The van der Waals surface area contributed by atoms with Gasteiger partial charge in [0.15, 0.2) is 0 Å². The van der Waals surface area contributed by atoms with Crippen LogP contribution in [0.25, 0.3) is 5.78 Å². The topological polar surface area (TPSA) is 84.5 Å². The number of hydrogen-bond donors (Lipinski definition) is 1. The standard InChI is InChI=1S/C18H18F2N6O2/c19-12-8-13(20)10-14(9-12)21-16(27)11-26-18(28)25-7-4-15(22-17(25)23-26)24-5-2-1-3-6-24/h4,7-10H,1-3,5-6,11H2,(H,21,27). The van der Waals surface area contributed by atoms with Gasteiger partial charge >= 0.3 is 5.69 Å². The van der Waals surface area contributed by atoms with Crippen molar-refractivity contribution in [3.63, 3.8) is 0 Å². The predicted octanol–water partition coefficient (Wildman–Crippen LogP) is 1.80. The van der Waals surface area contributed by atoms with E-state index in [1.54, 1.807) is 12.3 Å². The van der Waals surface area contributed by atoms with Gasteiger partial charge in [-0.15, -0.1) is 5.10 Å². The average molecular weight is 388 g/mol. The van der Waals surface area contributed by atoms with Gasteiger partial charge in [-0.2, -0.15) is 4.98 Å². The molecular formula is C18H18F2N6O2. The second kappa shape index (κ2) is 7.37. The lowest BCUT2D eigenvalue weighted by molar-refractivity contribution is -0.117. The maximum absolute atomic E-state index is 13.2. The van der Waals surface area contributed by atoms with Crippen molar-refractivity contribution in [1.29, 1.82) is 0 Å². The lowest BCUT2D eigenvalue weighted by Crippen LogP contribution is -2.30.